The second-order valence-corrected chi connectivity index (χ2v) is 6.10. The Kier molecular flexibility index (Phi) is 4.14. The molecule has 1 N–H and O–H groups in total. The van der Waals surface area contributed by atoms with Crippen molar-refractivity contribution in [2.24, 2.45) is 0 Å². The van der Waals surface area contributed by atoms with Crippen molar-refractivity contribution < 1.29 is 9.47 Å². The summed E-state index contributed by atoms with van der Waals surface area (Å²) >= 11 is 1.41. The van der Waals surface area contributed by atoms with Gasteiger partial charge in [0.15, 0.2) is 0 Å². The largest absolute Gasteiger partial charge is 0.474 e. The van der Waals surface area contributed by atoms with Gasteiger partial charge in [-0.2, -0.15) is 0 Å². The summed E-state index contributed by atoms with van der Waals surface area (Å²) in [5.74, 6) is 0.591. The van der Waals surface area contributed by atoms with Gasteiger partial charge in [-0.1, -0.05) is 0 Å². The molecule has 0 amide bonds. The summed E-state index contributed by atoms with van der Waals surface area (Å²) in [6.45, 7) is 2.87. The summed E-state index contributed by atoms with van der Waals surface area (Å²) in [7, 11) is 0. The number of fused-ring (bicyclic) bond motifs is 1. The maximum atomic E-state index is 5.97. The van der Waals surface area contributed by atoms with Crippen LogP contribution in [0.3, 0.4) is 0 Å². The zero-order chi connectivity index (χ0) is 15.5. The fraction of sp³-hybridized carbons (Fsp3) is 0.312. The predicted molar refractivity (Wildman–Crippen MR) is 88.8 cm³/mol. The molecule has 7 heteroatoms. The summed E-state index contributed by atoms with van der Waals surface area (Å²) < 4.78 is 15.8. The Morgan fingerprint density at radius 3 is 3.17 bits per heavy atom. The molecule has 1 aliphatic heterocycles. The molecule has 118 valence electrons. The zero-order valence-electron chi connectivity index (χ0n) is 12.4. The van der Waals surface area contributed by atoms with Crippen LogP contribution < -0.4 is 10.1 Å². The van der Waals surface area contributed by atoms with Gasteiger partial charge in [-0.05, 0) is 35.8 Å². The van der Waals surface area contributed by atoms with Gasteiger partial charge in [0.25, 0.3) is 0 Å². The van der Waals surface area contributed by atoms with Crippen molar-refractivity contribution in [3.8, 4) is 16.5 Å². The predicted octanol–water partition coefficient (Wildman–Crippen LogP) is 2.12. The van der Waals surface area contributed by atoms with E-state index in [2.05, 4.69) is 19.7 Å². The van der Waals surface area contributed by atoms with Crippen molar-refractivity contribution in [2.45, 2.75) is 6.10 Å². The van der Waals surface area contributed by atoms with E-state index in [0.29, 0.717) is 19.1 Å². The average Bonchev–Trinajstić information content (AvgIpc) is 3.15. The minimum atomic E-state index is 0.0457. The second kappa shape index (κ2) is 6.57. The lowest BCUT2D eigenvalue weighted by atomic mass is 10.2. The number of hydrogen-bond donors (Lipinski definition) is 1. The second-order valence-electron chi connectivity index (χ2n) is 5.27. The van der Waals surface area contributed by atoms with E-state index in [1.165, 1.54) is 11.5 Å². The topological polar surface area (TPSA) is 69.2 Å². The summed E-state index contributed by atoms with van der Waals surface area (Å²) in [5, 5.41) is 4.20. The van der Waals surface area contributed by atoms with Crippen LogP contribution in [0.15, 0.2) is 36.7 Å². The number of ether oxygens (including phenoxy) is 2. The number of rotatable bonds is 4. The van der Waals surface area contributed by atoms with Crippen LogP contribution in [0.2, 0.25) is 0 Å². The quantitative estimate of drug-likeness (QED) is 0.791. The highest BCUT2D eigenvalue weighted by Crippen LogP contribution is 2.29. The van der Waals surface area contributed by atoms with Crippen molar-refractivity contribution in [1.82, 2.24) is 19.7 Å². The van der Waals surface area contributed by atoms with Gasteiger partial charge in [0, 0.05) is 25.5 Å². The van der Waals surface area contributed by atoms with Gasteiger partial charge >= 0.3 is 0 Å². The van der Waals surface area contributed by atoms with Gasteiger partial charge < -0.3 is 14.8 Å². The minimum absolute atomic E-state index is 0.0457. The average molecular weight is 328 g/mol. The van der Waals surface area contributed by atoms with Crippen LogP contribution in [0, 0.1) is 0 Å². The molecule has 6 nitrogen and oxygen atoms in total. The van der Waals surface area contributed by atoms with Gasteiger partial charge in [0.05, 0.1) is 28.1 Å². The normalized spacial score (nSPS) is 18.2. The van der Waals surface area contributed by atoms with Gasteiger partial charge in [0.2, 0.25) is 5.88 Å². The molecule has 0 aliphatic carbocycles. The Hall–Kier alpha value is -2.09. The number of hydrogen-bond acceptors (Lipinski definition) is 7. The molecule has 0 bridgehead atoms. The number of aromatic nitrogens is 3. The molecular weight excluding hydrogens is 312 g/mol. The molecule has 23 heavy (non-hydrogen) atoms. The van der Waals surface area contributed by atoms with Crippen LogP contribution >= 0.6 is 11.5 Å². The van der Waals surface area contributed by atoms with E-state index >= 15 is 0 Å². The molecule has 0 radical (unpaired) electrons. The Morgan fingerprint density at radius 1 is 1.35 bits per heavy atom. The van der Waals surface area contributed by atoms with Crippen LogP contribution in [0.4, 0.5) is 0 Å². The van der Waals surface area contributed by atoms with E-state index in [-0.39, 0.29) is 6.10 Å². The standard InChI is InChI=1S/C16H16N4O2S/c1-2-12-13(18-4-1)8-14(15-3-5-19-23-15)20-16(12)22-10-11-9-17-6-7-21-11/h1-5,8,11,17H,6-7,9-10H2/t11-/m0/s1. The van der Waals surface area contributed by atoms with E-state index in [1.54, 1.807) is 12.4 Å². The monoisotopic (exact) mass is 328 g/mol. The van der Waals surface area contributed by atoms with E-state index in [0.717, 1.165) is 34.6 Å². The third-order valence-electron chi connectivity index (χ3n) is 3.66. The van der Waals surface area contributed by atoms with Crippen LogP contribution in [0.25, 0.3) is 21.5 Å². The van der Waals surface area contributed by atoms with Crippen LogP contribution in [0.1, 0.15) is 0 Å². The third-order valence-corrected chi connectivity index (χ3v) is 4.43. The molecular formula is C16H16N4O2S. The molecule has 1 fully saturated rings. The molecule has 0 saturated carbocycles. The van der Waals surface area contributed by atoms with Crippen LogP contribution in [-0.2, 0) is 4.74 Å². The van der Waals surface area contributed by atoms with E-state index in [1.807, 2.05) is 24.3 Å². The molecule has 4 rings (SSSR count). The smallest absolute Gasteiger partial charge is 0.223 e. The van der Waals surface area contributed by atoms with Crippen molar-refractivity contribution in [3.63, 3.8) is 0 Å². The Morgan fingerprint density at radius 2 is 2.35 bits per heavy atom. The van der Waals surface area contributed by atoms with Gasteiger partial charge in [-0.3, -0.25) is 4.98 Å². The van der Waals surface area contributed by atoms with Crippen molar-refractivity contribution in [3.05, 3.63) is 36.7 Å². The molecule has 3 aromatic heterocycles. The first-order valence-electron chi connectivity index (χ1n) is 7.52. The lowest BCUT2D eigenvalue weighted by Crippen LogP contribution is -2.41. The molecule has 0 unspecified atom stereocenters. The first-order chi connectivity index (χ1) is 11.4. The Balaban J connectivity index is 1.66. The van der Waals surface area contributed by atoms with Crippen molar-refractivity contribution in [1.29, 1.82) is 0 Å². The lowest BCUT2D eigenvalue weighted by Gasteiger charge is -2.23. The highest BCUT2D eigenvalue weighted by molar-refractivity contribution is 7.09. The molecule has 1 atom stereocenters. The highest BCUT2D eigenvalue weighted by atomic mass is 32.1. The van der Waals surface area contributed by atoms with Crippen LogP contribution in [0.5, 0.6) is 5.88 Å². The molecule has 4 heterocycles. The van der Waals surface area contributed by atoms with Gasteiger partial charge in [-0.15, -0.1) is 0 Å². The first kappa shape index (κ1) is 14.5. The molecule has 3 aromatic rings. The number of pyridine rings is 2. The van der Waals surface area contributed by atoms with Gasteiger partial charge in [0.1, 0.15) is 12.7 Å². The van der Waals surface area contributed by atoms with E-state index in [9.17, 15) is 0 Å². The molecule has 0 spiro atoms. The number of nitrogens with one attached hydrogen (secondary N) is 1. The number of morpholine rings is 1. The zero-order valence-corrected chi connectivity index (χ0v) is 13.3. The third kappa shape index (κ3) is 3.17. The summed E-state index contributed by atoms with van der Waals surface area (Å²) in [4.78, 5) is 10.1. The highest BCUT2D eigenvalue weighted by Gasteiger charge is 2.16. The van der Waals surface area contributed by atoms with Gasteiger partial charge in [-0.25, -0.2) is 9.36 Å². The minimum Gasteiger partial charge on any atom is -0.474 e. The summed E-state index contributed by atoms with van der Waals surface area (Å²) in [5.41, 5.74) is 1.69. The van der Waals surface area contributed by atoms with Crippen molar-refractivity contribution in [2.75, 3.05) is 26.3 Å². The Labute approximate surface area is 137 Å². The Bertz CT molecular complexity index is 788. The summed E-state index contributed by atoms with van der Waals surface area (Å²) in [6.07, 6.45) is 3.59. The lowest BCUT2D eigenvalue weighted by molar-refractivity contribution is -0.000365. The molecule has 1 saturated heterocycles. The molecule has 0 aromatic carbocycles. The first-order valence-corrected chi connectivity index (χ1v) is 8.29. The van der Waals surface area contributed by atoms with E-state index in [4.69, 9.17) is 9.47 Å². The van der Waals surface area contributed by atoms with Crippen LogP contribution in [-0.4, -0.2) is 46.7 Å². The maximum Gasteiger partial charge on any atom is 0.223 e. The maximum absolute atomic E-state index is 5.97. The van der Waals surface area contributed by atoms with Crippen molar-refractivity contribution >= 4 is 22.4 Å². The fourth-order valence-electron chi connectivity index (χ4n) is 2.53. The fourth-order valence-corrected chi connectivity index (χ4v) is 3.08. The summed E-state index contributed by atoms with van der Waals surface area (Å²) in [6, 6.07) is 7.77. The SMILES string of the molecule is c1cnc2cc(-c3ccns3)nc(OC[C@@H]3CNCCO3)c2c1. The molecule has 1 aliphatic rings. The number of nitrogens with zero attached hydrogens (tertiary/aromatic N) is 3. The van der Waals surface area contributed by atoms with E-state index < -0.39 is 0 Å².